The number of likely N-dealkylation sites (tertiary alicyclic amines) is 1. The fourth-order valence-electron chi connectivity index (χ4n) is 2.16. The minimum Gasteiger partial charge on any atom is -0.336 e. The van der Waals surface area contributed by atoms with Crippen LogP contribution in [0, 0.1) is 5.92 Å². The van der Waals surface area contributed by atoms with Crippen LogP contribution in [0.5, 0.6) is 0 Å². The number of carbonyl (C=O) groups is 1. The van der Waals surface area contributed by atoms with Gasteiger partial charge in [0.25, 0.3) is 0 Å². The second-order valence-corrected chi connectivity index (χ2v) is 4.79. The number of carbonyl (C=O) groups excluding carboxylic acids is 1. The molecule has 0 aromatic carbocycles. The van der Waals surface area contributed by atoms with Gasteiger partial charge in [-0.05, 0) is 23.6 Å². The molecular formula is C12H12F3N5O. The third kappa shape index (κ3) is 3.85. The predicted molar refractivity (Wildman–Crippen MR) is 66.8 cm³/mol. The van der Waals surface area contributed by atoms with Crippen LogP contribution in [0.15, 0.2) is 23.4 Å². The highest BCUT2D eigenvalue weighted by atomic mass is 19.4. The van der Waals surface area contributed by atoms with Gasteiger partial charge in [0.15, 0.2) is 0 Å². The van der Waals surface area contributed by atoms with Gasteiger partial charge in [-0.25, -0.2) is 0 Å². The van der Waals surface area contributed by atoms with E-state index in [0.29, 0.717) is 12.2 Å². The molecule has 1 amide bonds. The lowest BCUT2D eigenvalue weighted by atomic mass is 10.1. The summed E-state index contributed by atoms with van der Waals surface area (Å²) in [5.74, 6) is -0.169. The van der Waals surface area contributed by atoms with Crippen LogP contribution in [0.4, 0.5) is 13.2 Å². The number of pyridine rings is 1. The highest BCUT2D eigenvalue weighted by Crippen LogP contribution is 2.28. The van der Waals surface area contributed by atoms with Gasteiger partial charge in [0.1, 0.15) is 0 Å². The third-order valence-corrected chi connectivity index (χ3v) is 3.20. The molecule has 0 radical (unpaired) electrons. The molecule has 1 saturated heterocycles. The van der Waals surface area contributed by atoms with Gasteiger partial charge in [-0.15, -0.1) is 0 Å². The molecule has 0 N–H and O–H groups in total. The smallest absolute Gasteiger partial charge is 0.336 e. The lowest BCUT2D eigenvalue weighted by Gasteiger charge is -2.16. The van der Waals surface area contributed by atoms with Crippen molar-refractivity contribution < 1.29 is 18.0 Å². The summed E-state index contributed by atoms with van der Waals surface area (Å²) in [5, 5.41) is 3.43. The van der Waals surface area contributed by atoms with Crippen molar-refractivity contribution in [3.63, 3.8) is 0 Å². The molecule has 21 heavy (non-hydrogen) atoms. The molecule has 1 aliphatic heterocycles. The van der Waals surface area contributed by atoms with E-state index in [9.17, 15) is 18.0 Å². The largest absolute Gasteiger partial charge is 0.417 e. The summed E-state index contributed by atoms with van der Waals surface area (Å²) in [5.41, 5.74) is 7.81. The topological polar surface area (TPSA) is 82.0 Å². The molecule has 1 aliphatic rings. The molecule has 1 atom stereocenters. The lowest BCUT2D eigenvalue weighted by molar-refractivity contribution is -0.138. The van der Waals surface area contributed by atoms with Crippen molar-refractivity contribution in [2.24, 2.45) is 11.0 Å². The summed E-state index contributed by atoms with van der Waals surface area (Å²) in [6.45, 7) is 0.809. The quantitative estimate of drug-likeness (QED) is 0.486. The monoisotopic (exact) mass is 299 g/mol. The van der Waals surface area contributed by atoms with Crippen LogP contribution in [0.2, 0.25) is 0 Å². The molecule has 1 aromatic heterocycles. The van der Waals surface area contributed by atoms with Crippen LogP contribution in [0.1, 0.15) is 17.7 Å². The molecular weight excluding hydrogens is 287 g/mol. The van der Waals surface area contributed by atoms with Crippen molar-refractivity contribution in [3.05, 3.63) is 40.0 Å². The van der Waals surface area contributed by atoms with Gasteiger partial charge < -0.3 is 4.90 Å². The second-order valence-electron chi connectivity index (χ2n) is 4.79. The van der Waals surface area contributed by atoms with Crippen molar-refractivity contribution in [2.45, 2.75) is 19.1 Å². The summed E-state index contributed by atoms with van der Waals surface area (Å²) in [6, 6.07) is 2.21. The molecule has 1 unspecified atom stereocenters. The van der Waals surface area contributed by atoms with Gasteiger partial charge in [0.2, 0.25) is 5.91 Å². The highest BCUT2D eigenvalue weighted by Gasteiger charge is 2.32. The fourth-order valence-corrected chi connectivity index (χ4v) is 2.16. The van der Waals surface area contributed by atoms with Crippen LogP contribution in [0.3, 0.4) is 0 Å². The number of amides is 1. The van der Waals surface area contributed by atoms with E-state index in [2.05, 4.69) is 15.0 Å². The SMILES string of the molecule is [N-]=[N+]=NCC1CC(=O)N(Cc2ccc(C(F)(F)F)cn2)C1. The first kappa shape index (κ1) is 15.1. The third-order valence-electron chi connectivity index (χ3n) is 3.20. The van der Waals surface area contributed by atoms with E-state index in [1.807, 2.05) is 0 Å². The molecule has 1 aromatic rings. The zero-order valence-corrected chi connectivity index (χ0v) is 10.9. The molecule has 0 aliphatic carbocycles. The number of hydrogen-bond acceptors (Lipinski definition) is 3. The van der Waals surface area contributed by atoms with E-state index < -0.39 is 11.7 Å². The van der Waals surface area contributed by atoms with Gasteiger partial charge in [-0.2, -0.15) is 13.2 Å². The number of azide groups is 1. The Morgan fingerprint density at radius 1 is 1.48 bits per heavy atom. The van der Waals surface area contributed by atoms with Gasteiger partial charge in [0, 0.05) is 30.6 Å². The van der Waals surface area contributed by atoms with Crippen molar-refractivity contribution in [3.8, 4) is 0 Å². The Bertz CT molecular complexity index is 565. The van der Waals surface area contributed by atoms with E-state index in [4.69, 9.17) is 5.53 Å². The zero-order chi connectivity index (χ0) is 15.5. The molecule has 2 rings (SSSR count). The molecule has 112 valence electrons. The van der Waals surface area contributed by atoms with Gasteiger partial charge in [-0.3, -0.25) is 9.78 Å². The maximum atomic E-state index is 12.4. The van der Waals surface area contributed by atoms with Crippen LogP contribution < -0.4 is 0 Å². The average Bonchev–Trinajstić information content (AvgIpc) is 2.76. The van der Waals surface area contributed by atoms with Gasteiger partial charge >= 0.3 is 6.18 Å². The average molecular weight is 299 g/mol. The normalized spacial score (nSPS) is 18.7. The zero-order valence-electron chi connectivity index (χ0n) is 10.9. The van der Waals surface area contributed by atoms with Crippen molar-refractivity contribution in [1.29, 1.82) is 0 Å². The van der Waals surface area contributed by atoms with E-state index in [1.54, 1.807) is 0 Å². The summed E-state index contributed by atoms with van der Waals surface area (Å²) < 4.78 is 37.2. The summed E-state index contributed by atoms with van der Waals surface area (Å²) in [6.07, 6.45) is -3.39. The van der Waals surface area contributed by atoms with Gasteiger partial charge in [-0.1, -0.05) is 5.11 Å². The standard InChI is InChI=1S/C12H12F3N5O/c13-12(14,15)9-1-2-10(17-5-9)7-20-6-8(3-11(20)21)4-18-19-16/h1-2,5,8H,3-4,6-7H2. The van der Waals surface area contributed by atoms with Crippen LogP contribution in [-0.2, 0) is 17.5 Å². The van der Waals surface area contributed by atoms with Crippen LogP contribution in [-0.4, -0.2) is 28.9 Å². The molecule has 0 saturated carbocycles. The molecule has 1 fully saturated rings. The fraction of sp³-hybridized carbons (Fsp3) is 0.500. The Hall–Kier alpha value is -2.28. The van der Waals surface area contributed by atoms with Crippen molar-refractivity contribution in [1.82, 2.24) is 9.88 Å². The number of rotatable bonds is 4. The summed E-state index contributed by atoms with van der Waals surface area (Å²) in [7, 11) is 0. The summed E-state index contributed by atoms with van der Waals surface area (Å²) in [4.78, 5) is 19.6. The number of hydrogen-bond donors (Lipinski definition) is 0. The van der Waals surface area contributed by atoms with E-state index in [0.717, 1.165) is 12.3 Å². The van der Waals surface area contributed by atoms with Crippen LogP contribution in [0.25, 0.3) is 10.4 Å². The van der Waals surface area contributed by atoms with Gasteiger partial charge in [0.05, 0.1) is 17.8 Å². The Morgan fingerprint density at radius 3 is 2.81 bits per heavy atom. The minimum absolute atomic E-state index is 0.0529. The molecule has 9 heteroatoms. The Morgan fingerprint density at radius 2 is 2.24 bits per heavy atom. The first-order valence-electron chi connectivity index (χ1n) is 6.21. The maximum Gasteiger partial charge on any atom is 0.417 e. The first-order chi connectivity index (χ1) is 9.90. The van der Waals surface area contributed by atoms with Crippen molar-refractivity contribution in [2.75, 3.05) is 13.1 Å². The van der Waals surface area contributed by atoms with E-state index in [-0.39, 0.29) is 31.3 Å². The van der Waals surface area contributed by atoms with E-state index in [1.165, 1.54) is 11.0 Å². The molecule has 6 nitrogen and oxygen atoms in total. The molecule has 0 spiro atoms. The highest BCUT2D eigenvalue weighted by molar-refractivity contribution is 5.78. The minimum atomic E-state index is -4.42. The maximum absolute atomic E-state index is 12.4. The number of alkyl halides is 3. The Labute approximate surface area is 118 Å². The number of aromatic nitrogens is 1. The Balaban J connectivity index is 1.99. The predicted octanol–water partition coefficient (Wildman–Crippen LogP) is 2.76. The molecule has 0 bridgehead atoms. The number of halogens is 3. The number of nitrogens with zero attached hydrogens (tertiary/aromatic N) is 5. The Kier molecular flexibility index (Phi) is 4.32. The first-order valence-corrected chi connectivity index (χ1v) is 6.21. The second kappa shape index (κ2) is 6.01. The molecule has 2 heterocycles. The summed E-state index contributed by atoms with van der Waals surface area (Å²) >= 11 is 0. The lowest BCUT2D eigenvalue weighted by Crippen LogP contribution is -2.25. The van der Waals surface area contributed by atoms with Crippen LogP contribution >= 0.6 is 0 Å². The van der Waals surface area contributed by atoms with Crippen molar-refractivity contribution >= 4 is 5.91 Å². The van der Waals surface area contributed by atoms with E-state index >= 15 is 0 Å².